The van der Waals surface area contributed by atoms with Crippen LogP contribution >= 0.6 is 11.6 Å². The van der Waals surface area contributed by atoms with Crippen LogP contribution in [0.15, 0.2) is 60.5 Å². The molecule has 212 valence electrons. The van der Waals surface area contributed by atoms with Crippen LogP contribution < -0.4 is 16.1 Å². The molecule has 0 spiro atoms. The normalized spacial score (nSPS) is 12.1. The van der Waals surface area contributed by atoms with Gasteiger partial charge in [-0.2, -0.15) is 0 Å². The van der Waals surface area contributed by atoms with Gasteiger partial charge in [0.2, 0.25) is 0 Å². The summed E-state index contributed by atoms with van der Waals surface area (Å²) in [5, 5.41) is 6.80. The molecule has 0 bridgehead atoms. The molecule has 1 aromatic heterocycles. The van der Waals surface area contributed by atoms with E-state index >= 15 is 0 Å². The molecule has 0 radical (unpaired) electrons. The molecule has 3 N–H and O–H groups in total. The summed E-state index contributed by atoms with van der Waals surface area (Å²) >= 11 is 6.28. The first-order valence-electron chi connectivity index (χ1n) is 13.6. The summed E-state index contributed by atoms with van der Waals surface area (Å²) < 4.78 is 0. The highest BCUT2D eigenvalue weighted by molar-refractivity contribution is 6.33. The number of amides is 1. The first kappa shape index (κ1) is 35.2. The summed E-state index contributed by atoms with van der Waals surface area (Å²) in [7, 11) is 0. The van der Waals surface area contributed by atoms with Crippen molar-refractivity contribution in [2.45, 2.75) is 81.6 Å². The van der Waals surface area contributed by atoms with Gasteiger partial charge in [-0.25, -0.2) is 10.5 Å². The lowest BCUT2D eigenvalue weighted by Crippen LogP contribution is -2.24. The van der Waals surface area contributed by atoms with Crippen molar-refractivity contribution in [1.29, 1.82) is 0 Å². The number of aromatic nitrogens is 1. The molecular weight excluding hydrogens is 496 g/mol. The molecule has 1 amide bonds. The highest BCUT2D eigenvalue weighted by Gasteiger charge is 2.13. The predicted octanol–water partition coefficient (Wildman–Crippen LogP) is 9.55. The maximum absolute atomic E-state index is 12.3. The Morgan fingerprint density at radius 2 is 1.63 bits per heavy atom. The molecule has 0 aliphatic rings. The second-order valence-electron chi connectivity index (χ2n) is 9.36. The van der Waals surface area contributed by atoms with E-state index in [-0.39, 0.29) is 5.91 Å². The van der Waals surface area contributed by atoms with Crippen molar-refractivity contribution in [1.82, 2.24) is 10.5 Å². The lowest BCUT2D eigenvalue weighted by molar-refractivity contribution is 0.0365. The third kappa shape index (κ3) is 14.2. The zero-order valence-electron chi connectivity index (χ0n) is 24.9. The number of halogens is 1. The fourth-order valence-electron chi connectivity index (χ4n) is 3.14. The van der Waals surface area contributed by atoms with Gasteiger partial charge in [-0.15, -0.1) is 0 Å². The first-order chi connectivity index (χ1) is 18.0. The molecule has 2 rings (SSSR count). The quantitative estimate of drug-likeness (QED) is 0.194. The average Bonchev–Trinajstić information content (AvgIpc) is 2.88. The monoisotopic (exact) mass is 544 g/mol. The predicted molar refractivity (Wildman–Crippen MR) is 165 cm³/mol. The number of carbonyl (C=O) groups is 1. The van der Waals surface area contributed by atoms with Crippen LogP contribution in [0.4, 0.5) is 17.2 Å². The summed E-state index contributed by atoms with van der Waals surface area (Å²) in [6.07, 6.45) is 7.36. The van der Waals surface area contributed by atoms with Crippen LogP contribution in [0.25, 0.3) is 0 Å². The zero-order valence-corrected chi connectivity index (χ0v) is 25.6. The average molecular weight is 545 g/mol. The summed E-state index contributed by atoms with van der Waals surface area (Å²) in [6.45, 7) is 23.3. The van der Waals surface area contributed by atoms with Crippen molar-refractivity contribution in [3.8, 4) is 0 Å². The van der Waals surface area contributed by atoms with Gasteiger partial charge in [0, 0.05) is 11.8 Å². The fourth-order valence-corrected chi connectivity index (χ4v) is 3.29. The Morgan fingerprint density at radius 3 is 2.16 bits per heavy atom. The third-order valence-corrected chi connectivity index (χ3v) is 5.95. The number of hydrogen-bond acceptors (Lipinski definition) is 5. The van der Waals surface area contributed by atoms with E-state index in [1.165, 1.54) is 19.3 Å². The molecule has 2 unspecified atom stereocenters. The number of carbonyl (C=O) groups excluding carboxylic acids is 1. The Kier molecular flexibility index (Phi) is 18.7. The summed E-state index contributed by atoms with van der Waals surface area (Å²) in [5.74, 6) is 2.11. The highest BCUT2D eigenvalue weighted by atomic mass is 35.5. The van der Waals surface area contributed by atoms with Crippen LogP contribution in [0, 0.1) is 11.8 Å². The summed E-state index contributed by atoms with van der Waals surface area (Å²) in [6, 6.07) is 8.86. The van der Waals surface area contributed by atoms with E-state index < -0.39 is 0 Å². The third-order valence-electron chi connectivity index (χ3n) is 5.65. The van der Waals surface area contributed by atoms with E-state index in [0.717, 1.165) is 23.1 Å². The Balaban J connectivity index is 0.00000105. The molecule has 2 aromatic rings. The van der Waals surface area contributed by atoms with Gasteiger partial charge >= 0.3 is 0 Å². The van der Waals surface area contributed by atoms with E-state index in [1.807, 2.05) is 26.0 Å². The smallest absolute Gasteiger partial charge is 0.276 e. The number of pyridine rings is 1. The van der Waals surface area contributed by atoms with Gasteiger partial charge in [-0.3, -0.25) is 9.63 Å². The van der Waals surface area contributed by atoms with E-state index in [1.54, 1.807) is 37.4 Å². The minimum absolute atomic E-state index is 0.344. The second-order valence-corrected chi connectivity index (χ2v) is 9.77. The standard InChI is InChI=1S/C20H23ClN4O2.C8H18.C3H8/c1-5-27-25-20(26)15-8-6-7-9-17(15)24-18-11-19(22-12-16(18)21)23-14(4)10-13(2)3;1-5-7(3)8(4)6-2;1-3-2/h6-12H,2,5H2,1,3-4H3,(H,25,26)(H2,22,23,24);7-8H,5-6H2,1-4H3;3H2,1-2H3/b14-10+;;. The molecule has 2 atom stereocenters. The van der Waals surface area contributed by atoms with Gasteiger partial charge in [0.05, 0.1) is 34.8 Å². The van der Waals surface area contributed by atoms with Crippen molar-refractivity contribution in [2.75, 3.05) is 17.2 Å². The lowest BCUT2D eigenvalue weighted by atomic mass is 9.92. The number of anilines is 3. The fraction of sp³-hybridized carbons (Fsp3) is 0.484. The Morgan fingerprint density at radius 1 is 1.05 bits per heavy atom. The molecular formula is C31H49ClN4O2. The molecule has 0 fully saturated rings. The lowest BCUT2D eigenvalue weighted by Gasteiger charge is -2.14. The molecule has 0 aliphatic heterocycles. The number of para-hydroxylation sites is 1. The van der Waals surface area contributed by atoms with Crippen LogP contribution in [-0.2, 0) is 4.84 Å². The van der Waals surface area contributed by atoms with Crippen LogP contribution in [0.2, 0.25) is 5.02 Å². The maximum atomic E-state index is 12.3. The molecule has 0 aliphatic carbocycles. The number of hydroxylamine groups is 1. The SMILES string of the molecule is C=C(C)/C=C(\C)Nc1cc(Nc2ccccc2C(=O)NOCC)c(Cl)cn1.CCC.CCC(C)C(C)CC. The molecule has 38 heavy (non-hydrogen) atoms. The minimum Gasteiger partial charge on any atom is -0.353 e. The number of nitrogens with one attached hydrogen (secondary N) is 3. The molecule has 0 saturated heterocycles. The van der Waals surface area contributed by atoms with Gasteiger partial charge in [0.1, 0.15) is 5.82 Å². The van der Waals surface area contributed by atoms with Gasteiger partial charge < -0.3 is 10.6 Å². The van der Waals surface area contributed by atoms with E-state index in [0.29, 0.717) is 34.4 Å². The van der Waals surface area contributed by atoms with E-state index in [4.69, 9.17) is 16.4 Å². The van der Waals surface area contributed by atoms with Crippen LogP contribution in [0.5, 0.6) is 0 Å². The topological polar surface area (TPSA) is 75.3 Å². The van der Waals surface area contributed by atoms with E-state index in [2.05, 4.69) is 69.2 Å². The number of nitrogens with zero attached hydrogens (tertiary/aromatic N) is 1. The first-order valence-corrected chi connectivity index (χ1v) is 14.0. The van der Waals surface area contributed by atoms with Crippen molar-refractivity contribution < 1.29 is 9.63 Å². The Labute approximate surface area is 236 Å². The second kappa shape index (κ2) is 20.2. The largest absolute Gasteiger partial charge is 0.353 e. The summed E-state index contributed by atoms with van der Waals surface area (Å²) in [5.41, 5.74) is 5.88. The molecule has 1 heterocycles. The number of hydrogen-bond donors (Lipinski definition) is 3. The van der Waals surface area contributed by atoms with Gasteiger partial charge in [-0.1, -0.05) is 96.7 Å². The molecule has 1 aromatic carbocycles. The van der Waals surface area contributed by atoms with Gasteiger partial charge in [0.15, 0.2) is 0 Å². The van der Waals surface area contributed by atoms with Gasteiger partial charge in [-0.05, 0) is 50.8 Å². The number of benzene rings is 1. The van der Waals surface area contributed by atoms with Crippen LogP contribution in [-0.4, -0.2) is 17.5 Å². The zero-order chi connectivity index (χ0) is 29.1. The van der Waals surface area contributed by atoms with Gasteiger partial charge in [0.25, 0.3) is 5.91 Å². The molecule has 7 heteroatoms. The number of rotatable bonds is 11. The number of allylic oxidation sites excluding steroid dienone is 3. The highest BCUT2D eigenvalue weighted by Crippen LogP contribution is 2.29. The molecule has 0 saturated carbocycles. The van der Waals surface area contributed by atoms with Crippen molar-refractivity contribution in [3.63, 3.8) is 0 Å². The van der Waals surface area contributed by atoms with Crippen LogP contribution in [0.3, 0.4) is 0 Å². The minimum atomic E-state index is -0.344. The maximum Gasteiger partial charge on any atom is 0.276 e. The Hall–Kier alpha value is -2.83. The van der Waals surface area contributed by atoms with Crippen molar-refractivity contribution >= 4 is 34.7 Å². The molecule has 6 nitrogen and oxygen atoms in total. The summed E-state index contributed by atoms with van der Waals surface area (Å²) in [4.78, 5) is 21.5. The van der Waals surface area contributed by atoms with Crippen molar-refractivity contribution in [3.05, 3.63) is 71.0 Å². The Bertz CT molecular complexity index is 999. The van der Waals surface area contributed by atoms with Crippen LogP contribution in [0.1, 0.15) is 91.9 Å². The van der Waals surface area contributed by atoms with E-state index in [9.17, 15) is 4.79 Å². The van der Waals surface area contributed by atoms with Crippen molar-refractivity contribution in [2.24, 2.45) is 11.8 Å².